The van der Waals surface area contributed by atoms with Gasteiger partial charge in [0.25, 0.3) is 0 Å². The van der Waals surface area contributed by atoms with Crippen LogP contribution in [0.3, 0.4) is 0 Å². The summed E-state index contributed by atoms with van der Waals surface area (Å²) in [5.41, 5.74) is 4.23. The summed E-state index contributed by atoms with van der Waals surface area (Å²) < 4.78 is 15.4. The van der Waals surface area contributed by atoms with Crippen LogP contribution in [0.4, 0.5) is 0 Å². The highest BCUT2D eigenvalue weighted by Crippen LogP contribution is 2.47. The molecule has 8 aromatic rings. The van der Waals surface area contributed by atoms with Crippen LogP contribution in [0.15, 0.2) is 170 Å². The van der Waals surface area contributed by atoms with Crippen molar-refractivity contribution in [3.05, 3.63) is 199 Å². The molecule has 0 N–H and O–H groups in total. The average molecular weight is 899 g/mol. The minimum absolute atomic E-state index is 0.0405. The topological polar surface area (TPSA) is 52.6 Å². The highest BCUT2D eigenvalue weighted by atomic mass is 127. The summed E-state index contributed by atoms with van der Waals surface area (Å²) in [5.74, 6) is 2.42. The summed E-state index contributed by atoms with van der Waals surface area (Å²) in [4.78, 5) is 26.4. The minimum Gasteiger partial charge on any atom is -0.457 e. The van der Waals surface area contributed by atoms with Crippen LogP contribution in [0.1, 0.15) is 31.8 Å². The molecule has 0 bridgehead atoms. The van der Waals surface area contributed by atoms with Gasteiger partial charge in [0.05, 0.1) is 0 Å². The van der Waals surface area contributed by atoms with Crippen LogP contribution in [0, 0.1) is 7.14 Å². The molecule has 0 saturated carbocycles. The van der Waals surface area contributed by atoms with Crippen molar-refractivity contribution in [2.75, 3.05) is 0 Å². The zero-order valence-electron chi connectivity index (χ0n) is 27.6. The molecule has 6 heteroatoms. The van der Waals surface area contributed by atoms with E-state index in [0.717, 1.165) is 39.8 Å². The van der Waals surface area contributed by atoms with Crippen molar-refractivity contribution in [2.24, 2.45) is 0 Å². The Balaban J connectivity index is 1.19. The maximum Gasteiger partial charge on any atom is 0.193 e. The van der Waals surface area contributed by atoms with E-state index in [9.17, 15) is 9.59 Å². The van der Waals surface area contributed by atoms with Gasteiger partial charge in [0, 0.05) is 40.5 Å². The maximum atomic E-state index is 13.2. The standard InChI is InChI=1S/C46H28I2O4/c47-35-11-5-9-33(27-35)45(49)31-15-21-37(22-16-31)51-41-25-19-29-7-1-3-13-39(29)43(41)44-40-14-4-2-8-30(40)20-26-42(44)52-38-23-17-32(18-24-38)46(50)34-10-6-12-36(48)28-34/h1-28H. The van der Waals surface area contributed by atoms with Crippen LogP contribution >= 0.6 is 45.2 Å². The van der Waals surface area contributed by atoms with Crippen LogP contribution in [-0.4, -0.2) is 11.6 Å². The van der Waals surface area contributed by atoms with E-state index in [1.165, 1.54) is 0 Å². The van der Waals surface area contributed by atoms with Gasteiger partial charge in [0.1, 0.15) is 23.0 Å². The van der Waals surface area contributed by atoms with Gasteiger partial charge in [-0.3, -0.25) is 9.59 Å². The molecule has 0 aliphatic carbocycles. The lowest BCUT2D eigenvalue weighted by Gasteiger charge is -2.20. The zero-order valence-corrected chi connectivity index (χ0v) is 31.9. The van der Waals surface area contributed by atoms with Gasteiger partial charge in [-0.05, 0) is 152 Å². The van der Waals surface area contributed by atoms with Gasteiger partial charge in [-0.2, -0.15) is 0 Å². The van der Waals surface area contributed by atoms with Crippen LogP contribution in [0.25, 0.3) is 32.7 Å². The Morgan fingerprint density at radius 1 is 0.385 bits per heavy atom. The Morgan fingerprint density at radius 3 is 1.19 bits per heavy atom. The van der Waals surface area contributed by atoms with Crippen LogP contribution in [0.2, 0.25) is 0 Å². The highest BCUT2D eigenvalue weighted by molar-refractivity contribution is 14.1. The Kier molecular flexibility index (Phi) is 9.58. The van der Waals surface area contributed by atoms with E-state index in [-0.39, 0.29) is 11.6 Å². The summed E-state index contributed by atoms with van der Waals surface area (Å²) in [6.07, 6.45) is 0. The molecule has 250 valence electrons. The lowest BCUT2D eigenvalue weighted by molar-refractivity contribution is 0.103. The number of benzene rings is 8. The van der Waals surface area contributed by atoms with Crippen molar-refractivity contribution >= 4 is 78.3 Å². The predicted molar refractivity (Wildman–Crippen MR) is 225 cm³/mol. The number of carbonyl (C=O) groups is 2. The first-order valence-electron chi connectivity index (χ1n) is 16.6. The molecule has 0 aromatic heterocycles. The molecular weight excluding hydrogens is 870 g/mol. The molecule has 0 fully saturated rings. The van der Waals surface area contributed by atoms with E-state index in [1.54, 1.807) is 24.3 Å². The van der Waals surface area contributed by atoms with Crippen molar-refractivity contribution in [3.8, 4) is 34.1 Å². The van der Waals surface area contributed by atoms with E-state index in [0.29, 0.717) is 45.3 Å². The fourth-order valence-corrected chi connectivity index (χ4v) is 7.47. The summed E-state index contributed by atoms with van der Waals surface area (Å²) >= 11 is 4.43. The quantitative estimate of drug-likeness (QED) is 0.107. The third-order valence-electron chi connectivity index (χ3n) is 8.89. The van der Waals surface area contributed by atoms with Crippen molar-refractivity contribution in [3.63, 3.8) is 0 Å². The molecule has 0 atom stereocenters. The normalized spacial score (nSPS) is 11.0. The van der Waals surface area contributed by atoms with Gasteiger partial charge in [-0.1, -0.05) is 84.9 Å². The fraction of sp³-hybridized carbons (Fsp3) is 0. The number of carbonyl (C=O) groups excluding carboxylic acids is 2. The Hall–Kier alpha value is -5.32. The second kappa shape index (κ2) is 14.7. The Morgan fingerprint density at radius 2 is 0.788 bits per heavy atom. The number of ether oxygens (including phenoxy) is 2. The average Bonchev–Trinajstić information content (AvgIpc) is 3.18. The van der Waals surface area contributed by atoms with E-state index in [2.05, 4.69) is 81.6 Å². The molecule has 0 radical (unpaired) electrons. The second-order valence-corrected chi connectivity index (χ2v) is 14.7. The van der Waals surface area contributed by atoms with E-state index in [4.69, 9.17) is 9.47 Å². The number of halogens is 2. The van der Waals surface area contributed by atoms with Crippen molar-refractivity contribution in [1.29, 1.82) is 0 Å². The second-order valence-electron chi connectivity index (χ2n) is 12.3. The summed E-state index contributed by atoms with van der Waals surface area (Å²) in [5, 5.41) is 4.12. The Bertz CT molecular complexity index is 2450. The SMILES string of the molecule is O=C(c1ccc(Oc2ccc3ccccc3c2-c2c(Oc3ccc(C(=O)c4cccc(I)c4)cc3)ccc3ccccc23)cc1)c1cccc(I)c1. The molecule has 52 heavy (non-hydrogen) atoms. The summed E-state index contributed by atoms with van der Waals surface area (Å²) in [6.45, 7) is 0. The van der Waals surface area contributed by atoms with Crippen molar-refractivity contribution in [2.45, 2.75) is 0 Å². The predicted octanol–water partition coefficient (Wildman–Crippen LogP) is 12.9. The zero-order chi connectivity index (χ0) is 35.6. The molecule has 8 rings (SSSR count). The third kappa shape index (κ3) is 6.96. The summed E-state index contributed by atoms with van der Waals surface area (Å²) in [7, 11) is 0. The number of hydrogen-bond acceptors (Lipinski definition) is 4. The third-order valence-corrected chi connectivity index (χ3v) is 10.2. The van der Waals surface area contributed by atoms with Crippen molar-refractivity contribution < 1.29 is 19.1 Å². The van der Waals surface area contributed by atoms with Gasteiger partial charge < -0.3 is 9.47 Å². The minimum atomic E-state index is -0.0405. The molecule has 0 spiro atoms. The molecular formula is C46H28I2O4. The van der Waals surface area contributed by atoms with E-state index >= 15 is 0 Å². The number of fused-ring (bicyclic) bond motifs is 2. The van der Waals surface area contributed by atoms with E-state index < -0.39 is 0 Å². The first-order chi connectivity index (χ1) is 25.4. The molecule has 0 aliphatic rings. The van der Waals surface area contributed by atoms with Gasteiger partial charge in [-0.25, -0.2) is 0 Å². The monoisotopic (exact) mass is 898 g/mol. The van der Waals surface area contributed by atoms with Gasteiger partial charge in [0.15, 0.2) is 11.6 Å². The number of rotatable bonds is 9. The number of hydrogen-bond donors (Lipinski definition) is 0. The lowest BCUT2D eigenvalue weighted by Crippen LogP contribution is -2.01. The van der Waals surface area contributed by atoms with Crippen LogP contribution in [0.5, 0.6) is 23.0 Å². The molecule has 0 saturated heterocycles. The molecule has 0 aliphatic heterocycles. The van der Waals surface area contributed by atoms with E-state index in [1.807, 2.05) is 109 Å². The van der Waals surface area contributed by atoms with Gasteiger partial charge in [0.2, 0.25) is 0 Å². The largest absolute Gasteiger partial charge is 0.457 e. The molecule has 8 aromatic carbocycles. The van der Waals surface area contributed by atoms with Crippen LogP contribution in [-0.2, 0) is 0 Å². The molecule has 4 nitrogen and oxygen atoms in total. The highest BCUT2D eigenvalue weighted by Gasteiger charge is 2.21. The molecule has 0 amide bonds. The summed E-state index contributed by atoms with van der Waals surface area (Å²) in [6, 6.07) is 54.2. The fourth-order valence-electron chi connectivity index (χ4n) is 6.38. The molecule has 0 unspecified atom stereocenters. The van der Waals surface area contributed by atoms with Gasteiger partial charge >= 0.3 is 0 Å². The first kappa shape index (κ1) is 33.8. The lowest BCUT2D eigenvalue weighted by atomic mass is 9.92. The van der Waals surface area contributed by atoms with Crippen molar-refractivity contribution in [1.82, 2.24) is 0 Å². The van der Waals surface area contributed by atoms with Gasteiger partial charge in [-0.15, -0.1) is 0 Å². The maximum absolute atomic E-state index is 13.2. The Labute approximate surface area is 328 Å². The molecule has 0 heterocycles. The smallest absolute Gasteiger partial charge is 0.193 e. The van der Waals surface area contributed by atoms with Crippen LogP contribution < -0.4 is 9.47 Å². The first-order valence-corrected chi connectivity index (χ1v) is 18.8. The number of ketones is 2.